The standard InChI is InChI=1S/C21H28O3/c1-21(2)11-5-7-16(13-21)17-8-4-6-14-12-15(20(23)24-3)9-10-18(14)19(17)22/h9-10,12,16-17H,4-8,11,13H2,1-3H3. The van der Waals surface area contributed by atoms with Gasteiger partial charge in [-0.15, -0.1) is 0 Å². The molecule has 1 fully saturated rings. The molecule has 0 spiro atoms. The summed E-state index contributed by atoms with van der Waals surface area (Å²) >= 11 is 0. The number of Topliss-reactive ketones (excluding diaryl/α,β-unsaturated/α-hetero) is 1. The van der Waals surface area contributed by atoms with Gasteiger partial charge in [-0.1, -0.05) is 26.3 Å². The second-order valence-electron chi connectivity index (χ2n) is 8.25. The van der Waals surface area contributed by atoms with Crippen molar-refractivity contribution < 1.29 is 14.3 Å². The van der Waals surface area contributed by atoms with Crippen LogP contribution in [0.25, 0.3) is 0 Å². The molecule has 2 atom stereocenters. The number of aryl methyl sites for hydroxylation is 1. The summed E-state index contributed by atoms with van der Waals surface area (Å²) in [7, 11) is 1.39. The van der Waals surface area contributed by atoms with Crippen LogP contribution in [0.15, 0.2) is 18.2 Å². The van der Waals surface area contributed by atoms with Crippen molar-refractivity contribution >= 4 is 11.8 Å². The highest BCUT2D eigenvalue weighted by Crippen LogP contribution is 2.44. The van der Waals surface area contributed by atoms with Gasteiger partial charge in [-0.2, -0.15) is 0 Å². The molecule has 1 aromatic carbocycles. The van der Waals surface area contributed by atoms with Gasteiger partial charge >= 0.3 is 5.97 Å². The number of ether oxygens (including phenoxy) is 1. The van der Waals surface area contributed by atoms with Gasteiger partial charge in [-0.3, -0.25) is 4.79 Å². The average Bonchev–Trinajstić information content (AvgIpc) is 2.72. The number of hydrogen-bond donors (Lipinski definition) is 0. The van der Waals surface area contributed by atoms with E-state index in [-0.39, 0.29) is 11.9 Å². The minimum atomic E-state index is -0.333. The van der Waals surface area contributed by atoms with Crippen molar-refractivity contribution in [1.29, 1.82) is 0 Å². The largest absolute Gasteiger partial charge is 0.465 e. The highest BCUT2D eigenvalue weighted by atomic mass is 16.5. The van der Waals surface area contributed by atoms with E-state index in [1.54, 1.807) is 6.07 Å². The van der Waals surface area contributed by atoms with Gasteiger partial charge in [0.25, 0.3) is 0 Å². The first-order valence-corrected chi connectivity index (χ1v) is 9.17. The second-order valence-corrected chi connectivity index (χ2v) is 8.25. The molecule has 0 bridgehead atoms. The fraction of sp³-hybridized carbons (Fsp3) is 0.619. The summed E-state index contributed by atoms with van der Waals surface area (Å²) in [4.78, 5) is 24.9. The predicted octanol–water partition coefficient (Wildman–Crippen LogP) is 4.82. The highest BCUT2D eigenvalue weighted by molar-refractivity contribution is 6.01. The van der Waals surface area contributed by atoms with Crippen LogP contribution in [0.5, 0.6) is 0 Å². The van der Waals surface area contributed by atoms with E-state index in [4.69, 9.17) is 4.74 Å². The number of benzene rings is 1. The maximum absolute atomic E-state index is 13.2. The molecule has 1 saturated carbocycles. The van der Waals surface area contributed by atoms with E-state index >= 15 is 0 Å². The smallest absolute Gasteiger partial charge is 0.337 e. The quantitative estimate of drug-likeness (QED) is 0.577. The van der Waals surface area contributed by atoms with Crippen molar-refractivity contribution in [2.75, 3.05) is 7.11 Å². The molecular formula is C21H28O3. The number of carbonyl (C=O) groups excluding carboxylic acids is 2. The number of hydrogen-bond acceptors (Lipinski definition) is 3. The number of fused-ring (bicyclic) bond motifs is 1. The van der Waals surface area contributed by atoms with E-state index < -0.39 is 0 Å². The lowest BCUT2D eigenvalue weighted by molar-refractivity contribution is 0.0599. The maximum Gasteiger partial charge on any atom is 0.337 e. The molecule has 2 aliphatic rings. The Morgan fingerprint density at radius 3 is 2.71 bits per heavy atom. The number of esters is 1. The molecule has 0 radical (unpaired) electrons. The minimum absolute atomic E-state index is 0.148. The van der Waals surface area contributed by atoms with Crippen LogP contribution in [-0.4, -0.2) is 18.9 Å². The van der Waals surface area contributed by atoms with Gasteiger partial charge in [0, 0.05) is 11.5 Å². The third kappa shape index (κ3) is 3.40. The number of carbonyl (C=O) groups is 2. The van der Waals surface area contributed by atoms with Gasteiger partial charge in [0.15, 0.2) is 5.78 Å². The van der Waals surface area contributed by atoms with Crippen LogP contribution in [0.1, 0.15) is 78.7 Å². The van der Waals surface area contributed by atoms with Crippen LogP contribution in [0.3, 0.4) is 0 Å². The summed E-state index contributed by atoms with van der Waals surface area (Å²) in [5.41, 5.74) is 2.74. The van der Waals surface area contributed by atoms with Crippen molar-refractivity contribution in [3.05, 3.63) is 34.9 Å². The minimum Gasteiger partial charge on any atom is -0.465 e. The SMILES string of the molecule is COC(=O)c1ccc2c(c1)CCCC(C1CCCC(C)(C)C1)C2=O. The number of rotatable bonds is 2. The zero-order valence-electron chi connectivity index (χ0n) is 15.1. The lowest BCUT2D eigenvalue weighted by Gasteiger charge is -2.38. The van der Waals surface area contributed by atoms with E-state index in [0.29, 0.717) is 22.7 Å². The molecule has 0 heterocycles. The van der Waals surface area contributed by atoms with Crippen LogP contribution in [0, 0.1) is 17.3 Å². The van der Waals surface area contributed by atoms with Crippen LogP contribution in [-0.2, 0) is 11.2 Å². The fourth-order valence-corrected chi connectivity index (χ4v) is 4.68. The molecule has 3 heteroatoms. The molecule has 130 valence electrons. The van der Waals surface area contributed by atoms with Gasteiger partial charge in [0.05, 0.1) is 12.7 Å². The third-order valence-electron chi connectivity index (χ3n) is 5.90. The zero-order chi connectivity index (χ0) is 17.3. The Balaban J connectivity index is 1.87. The third-order valence-corrected chi connectivity index (χ3v) is 5.90. The molecule has 0 amide bonds. The van der Waals surface area contributed by atoms with Crippen molar-refractivity contribution in [2.45, 2.75) is 58.8 Å². The van der Waals surface area contributed by atoms with E-state index in [9.17, 15) is 9.59 Å². The Bertz CT molecular complexity index is 644. The number of methoxy groups -OCH3 is 1. The Morgan fingerprint density at radius 1 is 1.21 bits per heavy atom. The Kier molecular flexibility index (Phi) is 4.80. The molecule has 3 rings (SSSR count). The Morgan fingerprint density at radius 2 is 2.00 bits per heavy atom. The lowest BCUT2D eigenvalue weighted by Crippen LogP contribution is -2.31. The van der Waals surface area contributed by atoms with Crippen LogP contribution >= 0.6 is 0 Å². The van der Waals surface area contributed by atoms with Gasteiger partial charge in [-0.05, 0) is 67.6 Å². The van der Waals surface area contributed by atoms with E-state index in [2.05, 4.69) is 13.8 Å². The first kappa shape index (κ1) is 17.2. The second kappa shape index (κ2) is 6.70. The molecular weight excluding hydrogens is 300 g/mol. The van der Waals surface area contributed by atoms with Gasteiger partial charge in [0.2, 0.25) is 0 Å². The summed E-state index contributed by atoms with van der Waals surface area (Å²) in [6.07, 6.45) is 7.69. The monoisotopic (exact) mass is 328 g/mol. The topological polar surface area (TPSA) is 43.4 Å². The molecule has 0 aromatic heterocycles. The summed E-state index contributed by atoms with van der Waals surface area (Å²) < 4.78 is 4.80. The maximum atomic E-state index is 13.2. The molecule has 0 N–H and O–H groups in total. The summed E-state index contributed by atoms with van der Waals surface area (Å²) in [6.45, 7) is 4.66. The van der Waals surface area contributed by atoms with Crippen molar-refractivity contribution in [1.82, 2.24) is 0 Å². The molecule has 24 heavy (non-hydrogen) atoms. The van der Waals surface area contributed by atoms with Gasteiger partial charge < -0.3 is 4.74 Å². The van der Waals surface area contributed by atoms with Gasteiger partial charge in [0.1, 0.15) is 0 Å². The zero-order valence-corrected chi connectivity index (χ0v) is 15.1. The molecule has 2 aliphatic carbocycles. The number of ketones is 1. The Hall–Kier alpha value is -1.64. The van der Waals surface area contributed by atoms with Crippen LogP contribution < -0.4 is 0 Å². The average molecular weight is 328 g/mol. The van der Waals surface area contributed by atoms with Crippen LogP contribution in [0.2, 0.25) is 0 Å². The van der Waals surface area contributed by atoms with Gasteiger partial charge in [-0.25, -0.2) is 4.79 Å². The molecule has 0 aliphatic heterocycles. The first-order valence-electron chi connectivity index (χ1n) is 9.17. The van der Waals surface area contributed by atoms with Crippen molar-refractivity contribution in [3.8, 4) is 0 Å². The molecule has 2 unspecified atom stereocenters. The van der Waals surface area contributed by atoms with Crippen molar-refractivity contribution in [2.24, 2.45) is 17.3 Å². The summed E-state index contributed by atoms with van der Waals surface area (Å²) in [5.74, 6) is 0.615. The van der Waals surface area contributed by atoms with E-state index in [0.717, 1.165) is 36.8 Å². The molecule has 1 aromatic rings. The van der Waals surface area contributed by atoms with E-state index in [1.165, 1.54) is 26.4 Å². The molecule has 3 nitrogen and oxygen atoms in total. The van der Waals surface area contributed by atoms with Crippen LogP contribution in [0.4, 0.5) is 0 Å². The first-order chi connectivity index (χ1) is 11.4. The summed E-state index contributed by atoms with van der Waals surface area (Å²) in [6, 6.07) is 5.43. The Labute approximate surface area is 144 Å². The summed E-state index contributed by atoms with van der Waals surface area (Å²) in [5, 5.41) is 0. The predicted molar refractivity (Wildman–Crippen MR) is 94.3 cm³/mol. The fourth-order valence-electron chi connectivity index (χ4n) is 4.68. The van der Waals surface area contributed by atoms with E-state index in [1.807, 2.05) is 12.1 Å². The molecule has 0 saturated heterocycles. The highest BCUT2D eigenvalue weighted by Gasteiger charge is 2.37. The lowest BCUT2D eigenvalue weighted by atomic mass is 9.66. The van der Waals surface area contributed by atoms with Crippen molar-refractivity contribution in [3.63, 3.8) is 0 Å². The normalized spacial score (nSPS) is 26.4.